The summed E-state index contributed by atoms with van der Waals surface area (Å²) in [6, 6.07) is 5.71. The Kier molecular flexibility index (Phi) is 5.63. The number of nitrogens with one attached hydrogen (secondary N) is 1. The number of halogens is 3. The largest absolute Gasteiger partial charge is 0.271 e. The van der Waals surface area contributed by atoms with E-state index in [0.29, 0.717) is 5.02 Å². The molecule has 1 heterocycles. The van der Waals surface area contributed by atoms with Crippen LogP contribution in [0.15, 0.2) is 33.3 Å². The third-order valence-corrected chi connectivity index (χ3v) is 4.48. The van der Waals surface area contributed by atoms with Crippen LogP contribution in [0.1, 0.15) is 30.6 Å². The molecule has 4 nitrogen and oxygen atoms in total. The molecule has 0 radical (unpaired) electrons. The maximum Gasteiger partial charge on any atom is 0.0904 e. The summed E-state index contributed by atoms with van der Waals surface area (Å²) in [6.45, 7) is 2.89. The monoisotopic (exact) mass is 420 g/mol. The van der Waals surface area contributed by atoms with Crippen molar-refractivity contribution in [3.63, 3.8) is 0 Å². The van der Waals surface area contributed by atoms with Crippen LogP contribution >= 0.6 is 43.5 Å². The molecule has 0 saturated heterocycles. The summed E-state index contributed by atoms with van der Waals surface area (Å²) in [6.07, 6.45) is 2.63. The van der Waals surface area contributed by atoms with Crippen LogP contribution in [0.2, 0.25) is 5.02 Å². The normalized spacial score (nSPS) is 12.7. The van der Waals surface area contributed by atoms with Gasteiger partial charge in [-0.05, 0) is 30.2 Å². The summed E-state index contributed by atoms with van der Waals surface area (Å²) in [4.78, 5) is 0. The Morgan fingerprint density at radius 3 is 2.85 bits per heavy atom. The molecule has 0 saturated carbocycles. The molecule has 0 aliphatic carbocycles. The zero-order valence-corrected chi connectivity index (χ0v) is 14.8. The molecule has 108 valence electrons. The molecule has 1 atom stereocenters. The van der Waals surface area contributed by atoms with Crippen LogP contribution in [-0.4, -0.2) is 9.78 Å². The van der Waals surface area contributed by atoms with E-state index in [-0.39, 0.29) is 6.04 Å². The minimum Gasteiger partial charge on any atom is -0.271 e. The van der Waals surface area contributed by atoms with Crippen molar-refractivity contribution in [3.05, 3.63) is 49.6 Å². The molecule has 0 aliphatic heterocycles. The molecule has 0 bridgehead atoms. The number of nitrogens with zero attached hydrogens (tertiary/aromatic N) is 2. The fourth-order valence-corrected chi connectivity index (χ4v) is 3.21. The van der Waals surface area contributed by atoms with E-state index in [2.05, 4.69) is 49.3 Å². The molecular weight excluding hydrogens is 407 g/mol. The zero-order chi connectivity index (χ0) is 14.7. The van der Waals surface area contributed by atoms with Gasteiger partial charge in [-0.25, -0.2) is 5.43 Å². The fraction of sp³-hybridized carbons (Fsp3) is 0.308. The highest BCUT2D eigenvalue weighted by molar-refractivity contribution is 9.11. The quantitative estimate of drug-likeness (QED) is 0.565. The number of hydrazine groups is 1. The molecule has 2 aromatic rings. The summed E-state index contributed by atoms with van der Waals surface area (Å²) in [5.74, 6) is 5.76. The van der Waals surface area contributed by atoms with E-state index in [1.54, 1.807) is 6.20 Å². The van der Waals surface area contributed by atoms with Crippen LogP contribution in [0, 0.1) is 0 Å². The van der Waals surface area contributed by atoms with E-state index in [9.17, 15) is 0 Å². The van der Waals surface area contributed by atoms with Gasteiger partial charge in [-0.2, -0.15) is 5.10 Å². The maximum atomic E-state index is 6.29. The molecule has 0 spiro atoms. The molecule has 20 heavy (non-hydrogen) atoms. The maximum absolute atomic E-state index is 6.29. The van der Waals surface area contributed by atoms with Crippen molar-refractivity contribution in [2.75, 3.05) is 0 Å². The van der Waals surface area contributed by atoms with Crippen molar-refractivity contribution in [3.8, 4) is 0 Å². The first kappa shape index (κ1) is 16.0. The first-order valence-electron chi connectivity index (χ1n) is 6.20. The lowest BCUT2D eigenvalue weighted by atomic mass is 10.0. The molecule has 0 amide bonds. The van der Waals surface area contributed by atoms with Crippen LogP contribution in [-0.2, 0) is 6.54 Å². The van der Waals surface area contributed by atoms with Gasteiger partial charge in [0.2, 0.25) is 0 Å². The second-order valence-electron chi connectivity index (χ2n) is 4.37. The summed E-state index contributed by atoms with van der Waals surface area (Å²) in [5, 5.41) is 4.92. The van der Waals surface area contributed by atoms with Crippen molar-refractivity contribution in [2.45, 2.75) is 25.9 Å². The first-order valence-corrected chi connectivity index (χ1v) is 8.17. The van der Waals surface area contributed by atoms with Gasteiger partial charge >= 0.3 is 0 Å². The van der Waals surface area contributed by atoms with Gasteiger partial charge in [-0.15, -0.1) is 0 Å². The minimum absolute atomic E-state index is 0.233. The number of aromatic nitrogens is 2. The molecule has 2 rings (SSSR count). The van der Waals surface area contributed by atoms with Gasteiger partial charge in [0.25, 0.3) is 0 Å². The van der Waals surface area contributed by atoms with Gasteiger partial charge in [0.05, 0.1) is 23.0 Å². The van der Waals surface area contributed by atoms with E-state index in [4.69, 9.17) is 17.4 Å². The Morgan fingerprint density at radius 2 is 2.20 bits per heavy atom. The number of hydrogen-bond donors (Lipinski definition) is 2. The van der Waals surface area contributed by atoms with E-state index in [0.717, 1.165) is 33.2 Å². The predicted octanol–water partition coefficient (Wildman–Crippen LogP) is 4.02. The standard InChI is InChI=1S/C13H15Br2ClN4/c1-2-5-20-13(11(16)7-18-20)12(19-17)9-6-8(14)3-4-10(9)15/h3-4,6-7,12,19H,2,5,17H2,1H3. The highest BCUT2D eigenvalue weighted by Crippen LogP contribution is 2.33. The lowest BCUT2D eigenvalue weighted by molar-refractivity contribution is 0.520. The zero-order valence-electron chi connectivity index (χ0n) is 10.9. The number of nitrogens with two attached hydrogens (primary N) is 1. The molecule has 0 aliphatic rings. The van der Waals surface area contributed by atoms with Gasteiger partial charge in [0.15, 0.2) is 0 Å². The molecule has 3 N–H and O–H groups in total. The van der Waals surface area contributed by atoms with E-state index >= 15 is 0 Å². The van der Waals surface area contributed by atoms with E-state index < -0.39 is 0 Å². The van der Waals surface area contributed by atoms with Crippen molar-refractivity contribution >= 4 is 43.5 Å². The Balaban J connectivity index is 2.52. The van der Waals surface area contributed by atoms with Gasteiger partial charge < -0.3 is 0 Å². The Labute approximate surface area is 139 Å². The van der Waals surface area contributed by atoms with Gasteiger partial charge in [0, 0.05) is 15.5 Å². The smallest absolute Gasteiger partial charge is 0.0904 e. The molecule has 7 heteroatoms. The minimum atomic E-state index is -0.233. The second-order valence-corrected chi connectivity index (χ2v) is 6.54. The SMILES string of the molecule is CCCn1ncc(Cl)c1C(NN)c1cc(Br)ccc1Br. The first-order chi connectivity index (χ1) is 9.58. The summed E-state index contributed by atoms with van der Waals surface area (Å²) >= 11 is 13.3. The third-order valence-electron chi connectivity index (χ3n) is 2.98. The van der Waals surface area contributed by atoms with Crippen LogP contribution in [0.4, 0.5) is 0 Å². The molecule has 1 unspecified atom stereocenters. The molecule has 1 aromatic heterocycles. The molecule has 0 fully saturated rings. The number of benzene rings is 1. The highest BCUT2D eigenvalue weighted by Gasteiger charge is 2.23. The van der Waals surface area contributed by atoms with Crippen LogP contribution in [0.25, 0.3) is 0 Å². The lowest BCUT2D eigenvalue weighted by Crippen LogP contribution is -2.31. The van der Waals surface area contributed by atoms with E-state index in [1.807, 2.05) is 22.9 Å². The topological polar surface area (TPSA) is 55.9 Å². The summed E-state index contributed by atoms with van der Waals surface area (Å²) < 4.78 is 3.83. The number of rotatable bonds is 5. The predicted molar refractivity (Wildman–Crippen MR) is 88.5 cm³/mol. The van der Waals surface area contributed by atoms with Gasteiger partial charge in [-0.1, -0.05) is 50.4 Å². The number of hydrogen-bond acceptors (Lipinski definition) is 3. The van der Waals surface area contributed by atoms with Crippen molar-refractivity contribution < 1.29 is 0 Å². The Morgan fingerprint density at radius 1 is 1.45 bits per heavy atom. The summed E-state index contributed by atoms with van der Waals surface area (Å²) in [5.41, 5.74) is 4.70. The Hall–Kier alpha value is -0.400. The third kappa shape index (κ3) is 3.26. The average molecular weight is 423 g/mol. The number of aryl methyl sites for hydroxylation is 1. The second kappa shape index (κ2) is 7.04. The molecular formula is C13H15Br2ClN4. The van der Waals surface area contributed by atoms with Gasteiger partial charge in [-0.3, -0.25) is 10.5 Å². The highest BCUT2D eigenvalue weighted by atomic mass is 79.9. The van der Waals surface area contributed by atoms with Crippen LogP contribution in [0.5, 0.6) is 0 Å². The van der Waals surface area contributed by atoms with Gasteiger partial charge in [0.1, 0.15) is 0 Å². The Bertz CT molecular complexity index is 600. The molecule has 1 aromatic carbocycles. The van der Waals surface area contributed by atoms with Crippen molar-refractivity contribution in [1.29, 1.82) is 0 Å². The van der Waals surface area contributed by atoms with E-state index in [1.165, 1.54) is 0 Å². The fourth-order valence-electron chi connectivity index (χ4n) is 2.10. The van der Waals surface area contributed by atoms with Crippen molar-refractivity contribution in [2.24, 2.45) is 5.84 Å². The summed E-state index contributed by atoms with van der Waals surface area (Å²) in [7, 11) is 0. The van der Waals surface area contributed by atoms with Crippen LogP contribution in [0.3, 0.4) is 0 Å². The average Bonchev–Trinajstić information content (AvgIpc) is 2.77. The van der Waals surface area contributed by atoms with Crippen molar-refractivity contribution in [1.82, 2.24) is 15.2 Å². The van der Waals surface area contributed by atoms with Crippen LogP contribution < -0.4 is 11.3 Å². The lowest BCUT2D eigenvalue weighted by Gasteiger charge is -2.20.